The fourth-order valence-corrected chi connectivity index (χ4v) is 1.85. The van der Waals surface area contributed by atoms with Crippen LogP contribution >= 0.6 is 0 Å². The number of rotatable bonds is 1. The van der Waals surface area contributed by atoms with Gasteiger partial charge in [0.15, 0.2) is 5.82 Å². The van der Waals surface area contributed by atoms with Crippen LogP contribution in [0.25, 0.3) is 0 Å². The van der Waals surface area contributed by atoms with Crippen molar-refractivity contribution in [3.63, 3.8) is 0 Å². The fraction of sp³-hybridized carbons (Fsp3) is 0.692. The highest BCUT2D eigenvalue weighted by Gasteiger charge is 2.22. The van der Waals surface area contributed by atoms with E-state index in [0.717, 1.165) is 36.9 Å². The first-order chi connectivity index (χ1) is 7.97. The van der Waals surface area contributed by atoms with E-state index in [4.69, 9.17) is 4.74 Å². The van der Waals surface area contributed by atoms with Gasteiger partial charge in [-0.15, -0.1) is 0 Å². The number of ether oxygens (including phenoxy) is 1. The van der Waals surface area contributed by atoms with E-state index in [9.17, 15) is 0 Å². The normalized spacial score (nSPS) is 21.5. The molecular formula is C13H21N3O. The second kappa shape index (κ2) is 4.70. The van der Waals surface area contributed by atoms with Crippen molar-refractivity contribution < 1.29 is 4.74 Å². The van der Waals surface area contributed by atoms with Gasteiger partial charge in [0.25, 0.3) is 0 Å². The molecule has 94 valence electrons. The van der Waals surface area contributed by atoms with Gasteiger partial charge in [-0.05, 0) is 13.0 Å². The summed E-state index contributed by atoms with van der Waals surface area (Å²) < 4.78 is 5.70. The Labute approximate surface area is 103 Å². The zero-order valence-electron chi connectivity index (χ0n) is 11.1. The number of hydrogen-bond donors (Lipinski definition) is 1. The van der Waals surface area contributed by atoms with Crippen molar-refractivity contribution in [2.75, 3.05) is 19.7 Å². The van der Waals surface area contributed by atoms with E-state index in [0.29, 0.717) is 0 Å². The fourth-order valence-electron chi connectivity index (χ4n) is 1.85. The third-order valence-electron chi connectivity index (χ3n) is 2.86. The second-order valence-corrected chi connectivity index (χ2v) is 5.57. The Bertz CT molecular complexity index is 392. The van der Waals surface area contributed by atoms with Crippen LogP contribution in [0.1, 0.15) is 44.1 Å². The summed E-state index contributed by atoms with van der Waals surface area (Å²) in [6, 6.07) is 2.06. The molecular weight excluding hydrogens is 214 g/mol. The Kier molecular flexibility index (Phi) is 3.45. The van der Waals surface area contributed by atoms with Crippen LogP contribution < -0.4 is 5.32 Å². The Hall–Kier alpha value is -1.00. The van der Waals surface area contributed by atoms with Crippen LogP contribution in [0.2, 0.25) is 0 Å². The van der Waals surface area contributed by atoms with Crippen molar-refractivity contribution in [2.24, 2.45) is 0 Å². The SMILES string of the molecule is Cc1cc(C(C)(C)C)nc(C2CNCCO2)n1. The lowest BCUT2D eigenvalue weighted by Gasteiger charge is -2.25. The summed E-state index contributed by atoms with van der Waals surface area (Å²) in [4.78, 5) is 9.15. The maximum absolute atomic E-state index is 5.70. The van der Waals surface area contributed by atoms with E-state index in [1.165, 1.54) is 0 Å². The van der Waals surface area contributed by atoms with Gasteiger partial charge in [-0.1, -0.05) is 20.8 Å². The first-order valence-corrected chi connectivity index (χ1v) is 6.15. The van der Waals surface area contributed by atoms with Crippen molar-refractivity contribution in [3.8, 4) is 0 Å². The van der Waals surface area contributed by atoms with Crippen LogP contribution in [0.5, 0.6) is 0 Å². The molecule has 0 amide bonds. The zero-order valence-corrected chi connectivity index (χ0v) is 11.1. The predicted octanol–water partition coefficient (Wildman–Crippen LogP) is 1.74. The second-order valence-electron chi connectivity index (χ2n) is 5.57. The van der Waals surface area contributed by atoms with Crippen LogP contribution in [0, 0.1) is 6.92 Å². The highest BCUT2D eigenvalue weighted by Crippen LogP contribution is 2.23. The molecule has 0 spiro atoms. The molecule has 0 bridgehead atoms. The van der Waals surface area contributed by atoms with E-state index in [2.05, 4.69) is 42.1 Å². The first-order valence-electron chi connectivity index (χ1n) is 6.15. The minimum Gasteiger partial charge on any atom is -0.368 e. The van der Waals surface area contributed by atoms with Crippen molar-refractivity contribution in [1.29, 1.82) is 0 Å². The Balaban J connectivity index is 2.31. The van der Waals surface area contributed by atoms with Gasteiger partial charge in [-0.2, -0.15) is 0 Å². The molecule has 1 aliphatic heterocycles. The topological polar surface area (TPSA) is 47.0 Å². The number of hydrogen-bond acceptors (Lipinski definition) is 4. The van der Waals surface area contributed by atoms with E-state index in [-0.39, 0.29) is 11.5 Å². The van der Waals surface area contributed by atoms with Gasteiger partial charge in [-0.3, -0.25) is 0 Å². The maximum Gasteiger partial charge on any atom is 0.158 e. The maximum atomic E-state index is 5.70. The van der Waals surface area contributed by atoms with Crippen LogP contribution in [-0.2, 0) is 10.2 Å². The van der Waals surface area contributed by atoms with Crippen molar-refractivity contribution in [3.05, 3.63) is 23.3 Å². The van der Waals surface area contributed by atoms with Gasteiger partial charge >= 0.3 is 0 Å². The average Bonchev–Trinajstić information content (AvgIpc) is 2.28. The first kappa shape index (κ1) is 12.5. The number of morpholine rings is 1. The minimum absolute atomic E-state index is 0.00949. The van der Waals surface area contributed by atoms with Gasteiger partial charge < -0.3 is 10.1 Å². The summed E-state index contributed by atoms with van der Waals surface area (Å²) in [7, 11) is 0. The quantitative estimate of drug-likeness (QED) is 0.805. The summed E-state index contributed by atoms with van der Waals surface area (Å²) in [5.74, 6) is 0.808. The molecule has 1 aromatic rings. The Morgan fingerprint density at radius 1 is 1.35 bits per heavy atom. The average molecular weight is 235 g/mol. The molecule has 2 rings (SSSR count). The lowest BCUT2D eigenvalue weighted by atomic mass is 9.91. The molecule has 1 unspecified atom stereocenters. The number of aryl methyl sites for hydroxylation is 1. The predicted molar refractivity (Wildman–Crippen MR) is 67.0 cm³/mol. The highest BCUT2D eigenvalue weighted by molar-refractivity contribution is 5.18. The van der Waals surface area contributed by atoms with E-state index >= 15 is 0 Å². The summed E-state index contributed by atoms with van der Waals surface area (Å²) >= 11 is 0. The van der Waals surface area contributed by atoms with Crippen LogP contribution in [0.4, 0.5) is 0 Å². The summed E-state index contributed by atoms with van der Waals surface area (Å²) in [5, 5.41) is 3.31. The van der Waals surface area contributed by atoms with Crippen molar-refractivity contribution >= 4 is 0 Å². The van der Waals surface area contributed by atoms with Gasteiger partial charge in [0.1, 0.15) is 6.10 Å². The lowest BCUT2D eigenvalue weighted by molar-refractivity contribution is 0.0218. The number of nitrogens with one attached hydrogen (secondary N) is 1. The monoisotopic (exact) mass is 235 g/mol. The lowest BCUT2D eigenvalue weighted by Crippen LogP contribution is -2.34. The number of nitrogens with zero attached hydrogens (tertiary/aromatic N) is 2. The molecule has 1 aliphatic rings. The van der Waals surface area contributed by atoms with Crippen molar-refractivity contribution in [1.82, 2.24) is 15.3 Å². The van der Waals surface area contributed by atoms with Crippen LogP contribution in [-0.4, -0.2) is 29.7 Å². The summed E-state index contributed by atoms with van der Waals surface area (Å²) in [5.41, 5.74) is 2.13. The standard InChI is InChI=1S/C13H21N3O/c1-9-7-11(13(2,3)4)16-12(15-9)10-8-14-5-6-17-10/h7,10,14H,5-6,8H2,1-4H3. The van der Waals surface area contributed by atoms with Gasteiger partial charge in [-0.25, -0.2) is 9.97 Å². The third kappa shape index (κ3) is 3.01. The molecule has 0 aromatic carbocycles. The Morgan fingerprint density at radius 2 is 2.12 bits per heavy atom. The smallest absolute Gasteiger partial charge is 0.158 e. The molecule has 17 heavy (non-hydrogen) atoms. The van der Waals surface area contributed by atoms with E-state index in [1.807, 2.05) is 6.92 Å². The van der Waals surface area contributed by atoms with E-state index in [1.54, 1.807) is 0 Å². The number of aromatic nitrogens is 2. The molecule has 1 fully saturated rings. The minimum atomic E-state index is -0.00949. The van der Waals surface area contributed by atoms with Crippen LogP contribution in [0.3, 0.4) is 0 Å². The highest BCUT2D eigenvalue weighted by atomic mass is 16.5. The molecule has 0 aliphatic carbocycles. The van der Waals surface area contributed by atoms with E-state index < -0.39 is 0 Å². The summed E-state index contributed by atoms with van der Waals surface area (Å²) in [6.45, 7) is 10.9. The van der Waals surface area contributed by atoms with Crippen LogP contribution in [0.15, 0.2) is 6.07 Å². The zero-order chi connectivity index (χ0) is 12.5. The summed E-state index contributed by atoms with van der Waals surface area (Å²) in [6.07, 6.45) is -0.00949. The third-order valence-corrected chi connectivity index (χ3v) is 2.86. The molecule has 1 saturated heterocycles. The molecule has 2 heterocycles. The molecule has 1 aromatic heterocycles. The molecule has 0 saturated carbocycles. The van der Waals surface area contributed by atoms with Gasteiger partial charge in [0.05, 0.1) is 6.61 Å². The molecule has 4 heteroatoms. The van der Waals surface area contributed by atoms with Gasteiger partial charge in [0.2, 0.25) is 0 Å². The molecule has 4 nitrogen and oxygen atoms in total. The largest absolute Gasteiger partial charge is 0.368 e. The van der Waals surface area contributed by atoms with Crippen molar-refractivity contribution in [2.45, 2.75) is 39.2 Å². The Morgan fingerprint density at radius 3 is 2.71 bits per heavy atom. The molecule has 0 radical (unpaired) electrons. The van der Waals surface area contributed by atoms with Gasteiger partial charge in [0, 0.05) is 29.9 Å². The molecule has 1 atom stereocenters. The molecule has 1 N–H and O–H groups in total.